The molecule has 0 aromatic heterocycles. The van der Waals surface area contributed by atoms with Gasteiger partial charge in [0.25, 0.3) is 10.0 Å². The Bertz CT molecular complexity index is 1030. The lowest BCUT2D eigenvalue weighted by Gasteiger charge is -2.31. The smallest absolute Gasteiger partial charge is 0.261 e. The Morgan fingerprint density at radius 1 is 1.07 bits per heavy atom. The zero-order valence-electron chi connectivity index (χ0n) is 17.4. The molecule has 2 aromatic rings. The Hall–Kier alpha value is -2.38. The molecule has 2 aromatic carbocycles. The summed E-state index contributed by atoms with van der Waals surface area (Å²) in [6.45, 7) is 0.708. The average Bonchev–Trinajstić information content (AvgIpc) is 2.75. The Balaban J connectivity index is 1.53. The van der Waals surface area contributed by atoms with Crippen LogP contribution in [0.3, 0.4) is 0 Å². The van der Waals surface area contributed by atoms with Gasteiger partial charge in [0.05, 0.1) is 10.6 Å². The van der Waals surface area contributed by atoms with E-state index in [0.29, 0.717) is 36.8 Å². The summed E-state index contributed by atoms with van der Waals surface area (Å²) in [5.41, 5.74) is 3.13. The molecule has 2 aliphatic rings. The van der Waals surface area contributed by atoms with E-state index in [0.717, 1.165) is 11.1 Å². The molecule has 1 aliphatic carbocycles. The Morgan fingerprint density at radius 2 is 1.83 bits per heavy atom. The number of amides is 1. The number of hydrogen-bond donors (Lipinski definition) is 2. The van der Waals surface area contributed by atoms with Crippen LogP contribution in [0.4, 0.5) is 11.4 Å². The predicted octanol–water partition coefficient (Wildman–Crippen LogP) is 4.14. The Labute approximate surface area is 178 Å². The monoisotopic (exact) mass is 427 g/mol. The minimum atomic E-state index is -3.72. The molecule has 1 aliphatic heterocycles. The molecule has 6 nitrogen and oxygen atoms in total. The zero-order chi connectivity index (χ0) is 21.1. The zero-order valence-corrected chi connectivity index (χ0v) is 18.2. The van der Waals surface area contributed by atoms with Crippen molar-refractivity contribution in [2.45, 2.75) is 62.4 Å². The first-order chi connectivity index (χ1) is 14.4. The maximum atomic E-state index is 13.1. The van der Waals surface area contributed by atoms with Gasteiger partial charge in [0, 0.05) is 24.7 Å². The normalized spacial score (nSPS) is 17.5. The van der Waals surface area contributed by atoms with E-state index in [2.05, 4.69) is 22.0 Å². The van der Waals surface area contributed by atoms with Gasteiger partial charge in [-0.1, -0.05) is 37.5 Å². The lowest BCUT2D eigenvalue weighted by Crippen LogP contribution is -2.33. The van der Waals surface area contributed by atoms with E-state index in [-0.39, 0.29) is 10.8 Å². The largest absolute Gasteiger partial charge is 0.326 e. The average molecular weight is 428 g/mol. The van der Waals surface area contributed by atoms with Crippen LogP contribution in [-0.2, 0) is 27.8 Å². The van der Waals surface area contributed by atoms with Gasteiger partial charge < -0.3 is 5.32 Å². The van der Waals surface area contributed by atoms with Crippen molar-refractivity contribution < 1.29 is 13.2 Å². The van der Waals surface area contributed by atoms with Crippen LogP contribution in [0.5, 0.6) is 0 Å². The number of aryl methyl sites for hydroxylation is 1. The van der Waals surface area contributed by atoms with Crippen molar-refractivity contribution in [3.05, 3.63) is 53.6 Å². The van der Waals surface area contributed by atoms with Crippen LogP contribution in [0.25, 0.3) is 0 Å². The molecule has 7 heteroatoms. The van der Waals surface area contributed by atoms with Crippen molar-refractivity contribution in [2.75, 3.05) is 17.1 Å². The number of anilines is 2. The molecule has 0 unspecified atom stereocenters. The molecule has 1 fully saturated rings. The van der Waals surface area contributed by atoms with Crippen LogP contribution in [0.2, 0.25) is 0 Å². The summed E-state index contributed by atoms with van der Waals surface area (Å²) in [7, 11) is -1.60. The van der Waals surface area contributed by atoms with Gasteiger partial charge in [-0.15, -0.1) is 0 Å². The van der Waals surface area contributed by atoms with E-state index in [9.17, 15) is 13.2 Å². The molecule has 1 amide bonds. The topological polar surface area (TPSA) is 78.5 Å². The highest BCUT2D eigenvalue weighted by Crippen LogP contribution is 2.28. The van der Waals surface area contributed by atoms with Gasteiger partial charge in [-0.3, -0.25) is 14.4 Å². The molecule has 0 spiro atoms. The number of hydrogen-bond acceptors (Lipinski definition) is 4. The highest BCUT2D eigenvalue weighted by atomic mass is 32.2. The second-order valence-electron chi connectivity index (χ2n) is 8.34. The van der Waals surface area contributed by atoms with Crippen molar-refractivity contribution >= 4 is 27.3 Å². The first-order valence-corrected chi connectivity index (χ1v) is 12.1. The molecule has 4 rings (SSSR count). The second kappa shape index (κ2) is 8.78. The van der Waals surface area contributed by atoms with Crippen molar-refractivity contribution in [3.8, 4) is 0 Å². The summed E-state index contributed by atoms with van der Waals surface area (Å²) in [6, 6.07) is 13.0. The van der Waals surface area contributed by atoms with Gasteiger partial charge in [-0.05, 0) is 61.7 Å². The second-order valence-corrected chi connectivity index (χ2v) is 10.0. The number of nitrogens with one attached hydrogen (secondary N) is 2. The number of carbonyl (C=O) groups is 1. The third kappa shape index (κ3) is 4.68. The molecule has 0 radical (unpaired) electrons. The lowest BCUT2D eigenvalue weighted by atomic mass is 9.94. The quantitative estimate of drug-likeness (QED) is 0.726. The fraction of sp³-hybridized carbons (Fsp3) is 0.435. The first kappa shape index (κ1) is 20.9. The summed E-state index contributed by atoms with van der Waals surface area (Å²) in [6.07, 6.45) is 7.18. The third-order valence-electron chi connectivity index (χ3n) is 6.16. The number of para-hydroxylation sites is 1. The molecule has 0 bridgehead atoms. The SMILES string of the molecule is CN(Cc1ccccc1NS(=O)(=O)c1ccc2c(c1)CCC(=O)N2)C1CCCCC1. The summed E-state index contributed by atoms with van der Waals surface area (Å²) >= 11 is 0. The van der Waals surface area contributed by atoms with E-state index in [1.165, 1.54) is 32.1 Å². The highest BCUT2D eigenvalue weighted by Gasteiger charge is 2.22. The van der Waals surface area contributed by atoms with E-state index >= 15 is 0 Å². The van der Waals surface area contributed by atoms with Crippen LogP contribution < -0.4 is 10.0 Å². The molecule has 1 heterocycles. The van der Waals surface area contributed by atoms with Crippen LogP contribution in [0.1, 0.15) is 49.7 Å². The fourth-order valence-corrected chi connectivity index (χ4v) is 5.56. The predicted molar refractivity (Wildman–Crippen MR) is 119 cm³/mol. The molecular weight excluding hydrogens is 398 g/mol. The number of fused-ring (bicyclic) bond motifs is 1. The van der Waals surface area contributed by atoms with Gasteiger partial charge in [-0.2, -0.15) is 0 Å². The van der Waals surface area contributed by atoms with Crippen LogP contribution in [0, 0.1) is 0 Å². The summed E-state index contributed by atoms with van der Waals surface area (Å²) in [5.74, 6) is -0.0350. The minimum absolute atomic E-state index is 0.0350. The summed E-state index contributed by atoms with van der Waals surface area (Å²) < 4.78 is 28.9. The molecular formula is C23H29N3O3S. The van der Waals surface area contributed by atoms with Crippen molar-refractivity contribution in [2.24, 2.45) is 0 Å². The number of sulfonamides is 1. The third-order valence-corrected chi connectivity index (χ3v) is 7.53. The fourth-order valence-electron chi connectivity index (χ4n) is 4.41. The first-order valence-electron chi connectivity index (χ1n) is 10.7. The highest BCUT2D eigenvalue weighted by molar-refractivity contribution is 7.92. The number of rotatable bonds is 6. The number of nitrogens with zero attached hydrogens (tertiary/aromatic N) is 1. The Morgan fingerprint density at radius 3 is 2.63 bits per heavy atom. The lowest BCUT2D eigenvalue weighted by molar-refractivity contribution is -0.116. The molecule has 0 atom stereocenters. The number of benzene rings is 2. The van der Waals surface area contributed by atoms with Crippen LogP contribution in [-0.4, -0.2) is 32.3 Å². The van der Waals surface area contributed by atoms with Gasteiger partial charge in [0.2, 0.25) is 5.91 Å². The molecule has 1 saturated carbocycles. The molecule has 30 heavy (non-hydrogen) atoms. The van der Waals surface area contributed by atoms with Crippen molar-refractivity contribution in [1.29, 1.82) is 0 Å². The van der Waals surface area contributed by atoms with E-state index in [1.807, 2.05) is 24.3 Å². The minimum Gasteiger partial charge on any atom is -0.326 e. The van der Waals surface area contributed by atoms with Gasteiger partial charge in [-0.25, -0.2) is 8.42 Å². The van der Waals surface area contributed by atoms with Gasteiger partial charge in [0.1, 0.15) is 0 Å². The maximum Gasteiger partial charge on any atom is 0.261 e. The van der Waals surface area contributed by atoms with Crippen molar-refractivity contribution in [1.82, 2.24) is 4.90 Å². The van der Waals surface area contributed by atoms with E-state index in [4.69, 9.17) is 0 Å². The van der Waals surface area contributed by atoms with Gasteiger partial charge in [0.15, 0.2) is 0 Å². The maximum absolute atomic E-state index is 13.1. The summed E-state index contributed by atoms with van der Waals surface area (Å²) in [5, 5.41) is 2.79. The van der Waals surface area contributed by atoms with Crippen molar-refractivity contribution in [3.63, 3.8) is 0 Å². The van der Waals surface area contributed by atoms with Crippen LogP contribution >= 0.6 is 0 Å². The molecule has 160 valence electrons. The van der Waals surface area contributed by atoms with E-state index < -0.39 is 10.0 Å². The molecule has 2 N–H and O–H groups in total. The van der Waals surface area contributed by atoms with Crippen LogP contribution in [0.15, 0.2) is 47.4 Å². The molecule has 0 saturated heterocycles. The van der Waals surface area contributed by atoms with Gasteiger partial charge >= 0.3 is 0 Å². The summed E-state index contributed by atoms with van der Waals surface area (Å²) in [4.78, 5) is 14.1. The van der Waals surface area contributed by atoms with E-state index in [1.54, 1.807) is 18.2 Å². The standard InChI is InChI=1S/C23H29N3O3S/c1-26(19-8-3-2-4-9-19)16-18-7-5-6-10-22(18)25-30(28,29)20-12-13-21-17(15-20)11-14-23(27)24-21/h5-7,10,12-13,15,19,25H,2-4,8-9,11,14,16H2,1H3,(H,24,27). The number of carbonyl (C=O) groups excluding carboxylic acids is 1. The Kier molecular flexibility index (Phi) is 6.11.